The van der Waals surface area contributed by atoms with Crippen LogP contribution in [0.5, 0.6) is 0 Å². The minimum atomic E-state index is 0.0421. The Kier molecular flexibility index (Phi) is 6.70. The van der Waals surface area contributed by atoms with E-state index in [2.05, 4.69) is 10.2 Å². The first-order valence-electron chi connectivity index (χ1n) is 10.1. The number of aliphatic hydroxyl groups excluding tert-OH is 1. The van der Waals surface area contributed by atoms with Crippen molar-refractivity contribution >= 4 is 11.8 Å². The van der Waals surface area contributed by atoms with E-state index < -0.39 is 0 Å². The highest BCUT2D eigenvalue weighted by atomic mass is 16.3. The Hall–Kier alpha value is -1.14. The van der Waals surface area contributed by atoms with Crippen LogP contribution in [0, 0.1) is 11.8 Å². The number of carbonyl (C=O) groups is 2. The van der Waals surface area contributed by atoms with Crippen molar-refractivity contribution in [3.8, 4) is 0 Å². The van der Waals surface area contributed by atoms with E-state index in [4.69, 9.17) is 0 Å². The second-order valence-corrected chi connectivity index (χ2v) is 7.89. The third-order valence-corrected chi connectivity index (χ3v) is 6.29. The number of hydrogen-bond acceptors (Lipinski definition) is 4. The summed E-state index contributed by atoms with van der Waals surface area (Å²) in [4.78, 5) is 28.9. The molecule has 2 N–H and O–H groups in total. The Morgan fingerprint density at radius 1 is 0.920 bits per heavy atom. The van der Waals surface area contributed by atoms with Crippen LogP contribution in [-0.4, -0.2) is 72.1 Å². The van der Waals surface area contributed by atoms with E-state index in [1.807, 2.05) is 4.90 Å². The largest absolute Gasteiger partial charge is 0.395 e. The van der Waals surface area contributed by atoms with Gasteiger partial charge in [-0.15, -0.1) is 0 Å². The van der Waals surface area contributed by atoms with E-state index >= 15 is 0 Å². The highest BCUT2D eigenvalue weighted by molar-refractivity contribution is 5.81. The van der Waals surface area contributed by atoms with Crippen LogP contribution in [0.3, 0.4) is 0 Å². The molecule has 0 aromatic carbocycles. The number of nitrogens with one attached hydrogen (secondary N) is 1. The number of nitrogens with zero attached hydrogens (tertiary/aromatic N) is 2. The molecule has 25 heavy (non-hydrogen) atoms. The Morgan fingerprint density at radius 3 is 2.32 bits per heavy atom. The van der Waals surface area contributed by atoms with Crippen LogP contribution in [0.4, 0.5) is 0 Å². The second-order valence-electron chi connectivity index (χ2n) is 7.89. The molecule has 2 amide bonds. The maximum Gasteiger partial charge on any atom is 0.225 e. The molecule has 0 radical (unpaired) electrons. The molecule has 1 saturated carbocycles. The standard InChI is InChI=1S/C19H33N3O3/c23-14-17-6-1-2-10-21(17)13-9-20-18(24)15-7-11-22(12-8-15)19(25)16-4-3-5-16/h15-17,23H,1-14H2,(H,20,24). The molecule has 0 spiro atoms. The maximum atomic E-state index is 12.4. The van der Waals surface area contributed by atoms with Crippen molar-refractivity contribution < 1.29 is 14.7 Å². The van der Waals surface area contributed by atoms with Crippen molar-refractivity contribution in [3.63, 3.8) is 0 Å². The van der Waals surface area contributed by atoms with E-state index in [-0.39, 0.29) is 30.4 Å². The molecule has 2 heterocycles. The minimum absolute atomic E-state index is 0.0421. The molecule has 2 aliphatic heterocycles. The number of rotatable bonds is 6. The zero-order valence-electron chi connectivity index (χ0n) is 15.3. The van der Waals surface area contributed by atoms with Gasteiger partial charge in [-0.1, -0.05) is 12.8 Å². The van der Waals surface area contributed by atoms with Crippen LogP contribution in [-0.2, 0) is 9.59 Å². The number of carbonyl (C=O) groups excluding carboxylic acids is 2. The smallest absolute Gasteiger partial charge is 0.225 e. The molecule has 142 valence electrons. The maximum absolute atomic E-state index is 12.4. The van der Waals surface area contributed by atoms with Gasteiger partial charge in [0.05, 0.1) is 6.61 Å². The highest BCUT2D eigenvalue weighted by Crippen LogP contribution is 2.30. The number of piperidine rings is 2. The van der Waals surface area contributed by atoms with Crippen LogP contribution < -0.4 is 5.32 Å². The number of likely N-dealkylation sites (tertiary alicyclic amines) is 2. The first-order valence-corrected chi connectivity index (χ1v) is 10.1. The van der Waals surface area contributed by atoms with Crippen molar-refractivity contribution in [2.45, 2.75) is 57.4 Å². The SMILES string of the molecule is O=C(NCCN1CCCCC1CO)C1CCN(C(=O)C2CCC2)CC1. The van der Waals surface area contributed by atoms with Gasteiger partial charge in [0.15, 0.2) is 0 Å². The molecule has 1 unspecified atom stereocenters. The molecule has 0 aromatic rings. The molecular weight excluding hydrogens is 318 g/mol. The van der Waals surface area contributed by atoms with Crippen molar-refractivity contribution in [3.05, 3.63) is 0 Å². The van der Waals surface area contributed by atoms with Gasteiger partial charge in [-0.25, -0.2) is 0 Å². The lowest BCUT2D eigenvalue weighted by atomic mass is 9.83. The summed E-state index contributed by atoms with van der Waals surface area (Å²) in [6.07, 6.45) is 8.27. The minimum Gasteiger partial charge on any atom is -0.395 e. The average molecular weight is 351 g/mol. The van der Waals surface area contributed by atoms with Crippen molar-refractivity contribution in [2.24, 2.45) is 11.8 Å². The first-order chi connectivity index (χ1) is 12.2. The molecule has 0 aromatic heterocycles. The molecule has 1 aliphatic carbocycles. The lowest BCUT2D eigenvalue weighted by molar-refractivity contribution is -0.141. The van der Waals surface area contributed by atoms with Gasteiger partial charge in [0.25, 0.3) is 0 Å². The number of hydrogen-bond donors (Lipinski definition) is 2. The van der Waals surface area contributed by atoms with E-state index in [1.54, 1.807) is 0 Å². The van der Waals surface area contributed by atoms with Gasteiger partial charge >= 0.3 is 0 Å². The Labute approximate surface area is 150 Å². The quantitative estimate of drug-likeness (QED) is 0.748. The molecule has 2 saturated heterocycles. The van der Waals surface area contributed by atoms with E-state index in [9.17, 15) is 14.7 Å². The highest BCUT2D eigenvalue weighted by Gasteiger charge is 2.33. The van der Waals surface area contributed by atoms with Gasteiger partial charge in [0.2, 0.25) is 11.8 Å². The summed E-state index contributed by atoms with van der Waals surface area (Å²) in [5.74, 6) is 0.744. The van der Waals surface area contributed by atoms with Crippen LogP contribution in [0.25, 0.3) is 0 Å². The normalized spacial score (nSPS) is 26.3. The van der Waals surface area contributed by atoms with Crippen LogP contribution >= 0.6 is 0 Å². The van der Waals surface area contributed by atoms with E-state index in [0.29, 0.717) is 12.5 Å². The van der Waals surface area contributed by atoms with Crippen LogP contribution in [0.2, 0.25) is 0 Å². The van der Waals surface area contributed by atoms with Gasteiger partial charge in [-0.3, -0.25) is 14.5 Å². The summed E-state index contributed by atoms with van der Waals surface area (Å²) in [7, 11) is 0. The Balaban J connectivity index is 1.34. The summed E-state index contributed by atoms with van der Waals surface area (Å²) in [6, 6.07) is 0.256. The number of aliphatic hydroxyl groups is 1. The summed E-state index contributed by atoms with van der Waals surface area (Å²) in [5, 5.41) is 12.5. The number of amides is 2. The lowest BCUT2D eigenvalue weighted by Crippen LogP contribution is -2.48. The third-order valence-electron chi connectivity index (χ3n) is 6.29. The van der Waals surface area contributed by atoms with E-state index in [1.165, 1.54) is 19.3 Å². The Bertz CT molecular complexity index is 459. The predicted octanol–water partition coefficient (Wildman–Crippen LogP) is 0.988. The first kappa shape index (κ1) is 18.6. The molecule has 6 nitrogen and oxygen atoms in total. The second kappa shape index (κ2) is 8.99. The molecule has 3 rings (SSSR count). The molecular formula is C19H33N3O3. The predicted molar refractivity (Wildman–Crippen MR) is 96.0 cm³/mol. The molecule has 3 fully saturated rings. The van der Waals surface area contributed by atoms with Crippen LogP contribution in [0.1, 0.15) is 51.4 Å². The molecule has 1 atom stereocenters. The average Bonchev–Trinajstić information content (AvgIpc) is 2.60. The molecule has 0 bridgehead atoms. The van der Waals surface area contributed by atoms with Crippen molar-refractivity contribution in [1.29, 1.82) is 0 Å². The molecule has 6 heteroatoms. The zero-order valence-corrected chi connectivity index (χ0v) is 15.3. The topological polar surface area (TPSA) is 72.9 Å². The van der Waals surface area contributed by atoms with E-state index in [0.717, 1.165) is 58.3 Å². The summed E-state index contributed by atoms with van der Waals surface area (Å²) in [5.41, 5.74) is 0. The summed E-state index contributed by atoms with van der Waals surface area (Å²) in [6.45, 7) is 4.15. The van der Waals surface area contributed by atoms with Gasteiger partial charge in [0.1, 0.15) is 0 Å². The summed E-state index contributed by atoms with van der Waals surface area (Å²) >= 11 is 0. The van der Waals surface area contributed by atoms with Crippen LogP contribution in [0.15, 0.2) is 0 Å². The Morgan fingerprint density at radius 2 is 1.68 bits per heavy atom. The van der Waals surface area contributed by atoms with Gasteiger partial charge < -0.3 is 15.3 Å². The fourth-order valence-corrected chi connectivity index (χ4v) is 4.30. The monoisotopic (exact) mass is 351 g/mol. The van der Waals surface area contributed by atoms with Crippen molar-refractivity contribution in [1.82, 2.24) is 15.1 Å². The zero-order chi connectivity index (χ0) is 17.6. The molecule has 3 aliphatic rings. The van der Waals surface area contributed by atoms with Gasteiger partial charge in [-0.2, -0.15) is 0 Å². The van der Waals surface area contributed by atoms with Gasteiger partial charge in [-0.05, 0) is 45.1 Å². The lowest BCUT2D eigenvalue weighted by Gasteiger charge is -2.36. The third kappa shape index (κ3) is 4.73. The summed E-state index contributed by atoms with van der Waals surface area (Å²) < 4.78 is 0. The van der Waals surface area contributed by atoms with Gasteiger partial charge in [0, 0.05) is 44.1 Å². The fraction of sp³-hybridized carbons (Fsp3) is 0.895. The fourth-order valence-electron chi connectivity index (χ4n) is 4.30. The van der Waals surface area contributed by atoms with Crippen molar-refractivity contribution in [2.75, 3.05) is 39.3 Å².